The van der Waals surface area contributed by atoms with Gasteiger partial charge in [-0.3, -0.25) is 4.79 Å². The molecule has 144 valence electrons. The van der Waals surface area contributed by atoms with E-state index in [1.54, 1.807) is 18.2 Å². The molecule has 1 aromatic carbocycles. The molecule has 6 nitrogen and oxygen atoms in total. The summed E-state index contributed by atoms with van der Waals surface area (Å²) in [6, 6.07) is 5.42. The quantitative estimate of drug-likeness (QED) is 0.687. The number of hydrogen-bond donors (Lipinski definition) is 1. The Morgan fingerprint density at radius 3 is 2.42 bits per heavy atom. The predicted molar refractivity (Wildman–Crippen MR) is 98.9 cm³/mol. The van der Waals surface area contributed by atoms with E-state index in [9.17, 15) is 9.59 Å². The topological polar surface area (TPSA) is 76.1 Å². The van der Waals surface area contributed by atoms with Gasteiger partial charge in [-0.2, -0.15) is 0 Å². The minimum absolute atomic E-state index is 0.00830. The average Bonchev–Trinajstić information content (AvgIpc) is 3.44. The van der Waals surface area contributed by atoms with Crippen LogP contribution in [0.1, 0.15) is 57.3 Å². The highest BCUT2D eigenvalue weighted by molar-refractivity contribution is 5.95. The number of carboxylic acids is 1. The molecule has 1 saturated carbocycles. The van der Waals surface area contributed by atoms with Crippen molar-refractivity contribution < 1.29 is 24.2 Å². The van der Waals surface area contributed by atoms with Gasteiger partial charge in [-0.1, -0.05) is 20.3 Å². The molecule has 0 heterocycles. The Morgan fingerprint density at radius 1 is 1.19 bits per heavy atom. The zero-order chi connectivity index (χ0) is 19.3. The van der Waals surface area contributed by atoms with Crippen LogP contribution in [0.25, 0.3) is 0 Å². The summed E-state index contributed by atoms with van der Waals surface area (Å²) in [6.45, 7) is 8.19. The van der Waals surface area contributed by atoms with Crippen LogP contribution in [0.3, 0.4) is 0 Å². The van der Waals surface area contributed by atoms with E-state index in [1.165, 1.54) is 0 Å². The van der Waals surface area contributed by atoms with Crippen molar-refractivity contribution in [2.24, 2.45) is 5.92 Å². The van der Waals surface area contributed by atoms with E-state index < -0.39 is 12.6 Å². The van der Waals surface area contributed by atoms with E-state index in [0.29, 0.717) is 35.6 Å². The Labute approximate surface area is 155 Å². The van der Waals surface area contributed by atoms with Crippen molar-refractivity contribution >= 4 is 11.9 Å². The fourth-order valence-electron chi connectivity index (χ4n) is 2.97. The van der Waals surface area contributed by atoms with Crippen LogP contribution in [0.4, 0.5) is 0 Å². The highest BCUT2D eigenvalue weighted by Crippen LogP contribution is 2.34. The first-order valence-electron chi connectivity index (χ1n) is 9.33. The summed E-state index contributed by atoms with van der Waals surface area (Å²) in [6.07, 6.45) is 3.11. The summed E-state index contributed by atoms with van der Waals surface area (Å²) >= 11 is 0. The highest BCUT2D eigenvalue weighted by atomic mass is 16.5. The van der Waals surface area contributed by atoms with Crippen molar-refractivity contribution in [3.8, 4) is 11.5 Å². The first kappa shape index (κ1) is 20.1. The third-order valence-electron chi connectivity index (χ3n) is 4.92. The average molecular weight is 363 g/mol. The van der Waals surface area contributed by atoms with Gasteiger partial charge in [0.05, 0.1) is 6.61 Å². The van der Waals surface area contributed by atoms with Crippen LogP contribution >= 0.6 is 0 Å². The lowest BCUT2D eigenvalue weighted by Gasteiger charge is -2.33. The van der Waals surface area contributed by atoms with Crippen LogP contribution < -0.4 is 9.47 Å². The Balaban J connectivity index is 2.26. The number of hydrogen-bond acceptors (Lipinski definition) is 4. The van der Waals surface area contributed by atoms with E-state index in [0.717, 1.165) is 19.3 Å². The second kappa shape index (κ2) is 8.92. The van der Waals surface area contributed by atoms with E-state index in [1.807, 2.05) is 11.8 Å². The minimum atomic E-state index is -1.06. The lowest BCUT2D eigenvalue weighted by Crippen LogP contribution is -2.43. The standard InChI is InChI=1S/C20H29NO5/c1-5-13(3)14(4)21(16-8-9-16)20(24)15-7-10-17(26-12-19(22)23)18(11-15)25-6-2/h7,10-11,13-14,16H,5-6,8-9,12H2,1-4H3,(H,22,23). The molecule has 1 aliphatic rings. The molecule has 1 N–H and O–H groups in total. The molecule has 1 amide bonds. The lowest BCUT2D eigenvalue weighted by molar-refractivity contribution is -0.139. The normalized spacial score (nSPS) is 15.8. The molecule has 6 heteroatoms. The van der Waals surface area contributed by atoms with Gasteiger partial charge in [0, 0.05) is 17.6 Å². The number of carbonyl (C=O) groups is 2. The molecular formula is C20H29NO5. The van der Waals surface area contributed by atoms with E-state index in [2.05, 4.69) is 20.8 Å². The first-order chi connectivity index (χ1) is 12.4. The molecule has 0 aliphatic heterocycles. The lowest BCUT2D eigenvalue weighted by atomic mass is 9.98. The largest absolute Gasteiger partial charge is 0.490 e. The molecule has 2 unspecified atom stereocenters. The van der Waals surface area contributed by atoms with Gasteiger partial charge in [0.15, 0.2) is 18.1 Å². The summed E-state index contributed by atoms with van der Waals surface area (Å²) in [7, 11) is 0. The Morgan fingerprint density at radius 2 is 1.88 bits per heavy atom. The van der Waals surface area contributed by atoms with Crippen LogP contribution in [-0.4, -0.2) is 47.2 Å². The molecule has 0 bridgehead atoms. The number of amides is 1. The zero-order valence-corrected chi connectivity index (χ0v) is 16.0. The van der Waals surface area contributed by atoms with Crippen LogP contribution in [0, 0.1) is 5.92 Å². The number of carbonyl (C=O) groups excluding carboxylic acids is 1. The molecule has 2 rings (SSSR count). The van der Waals surface area contributed by atoms with Gasteiger partial charge in [-0.25, -0.2) is 4.79 Å². The molecule has 1 aromatic rings. The van der Waals surface area contributed by atoms with Gasteiger partial charge in [0.25, 0.3) is 5.91 Å². The van der Waals surface area contributed by atoms with Crippen molar-refractivity contribution in [2.45, 2.75) is 59.0 Å². The van der Waals surface area contributed by atoms with Gasteiger partial charge >= 0.3 is 5.97 Å². The number of rotatable bonds is 10. The smallest absolute Gasteiger partial charge is 0.341 e. The molecule has 0 radical (unpaired) electrons. The molecule has 2 atom stereocenters. The third kappa shape index (κ3) is 4.90. The zero-order valence-electron chi connectivity index (χ0n) is 16.0. The summed E-state index contributed by atoms with van der Waals surface area (Å²) < 4.78 is 10.8. The SMILES string of the molecule is CCOc1cc(C(=O)N(C2CC2)C(C)C(C)CC)ccc1OCC(=O)O. The predicted octanol–water partition coefficient (Wildman–Crippen LogP) is 3.59. The van der Waals surface area contributed by atoms with Gasteiger partial charge in [0.2, 0.25) is 0 Å². The third-order valence-corrected chi connectivity index (χ3v) is 4.92. The Bertz CT molecular complexity index is 641. The van der Waals surface area contributed by atoms with Crippen molar-refractivity contribution in [2.75, 3.05) is 13.2 Å². The molecular weight excluding hydrogens is 334 g/mol. The fourth-order valence-corrected chi connectivity index (χ4v) is 2.97. The number of benzene rings is 1. The van der Waals surface area contributed by atoms with Gasteiger partial charge < -0.3 is 19.5 Å². The Hall–Kier alpha value is -2.24. The second-order valence-electron chi connectivity index (χ2n) is 6.85. The summed E-state index contributed by atoms with van der Waals surface area (Å²) in [5, 5.41) is 8.79. The van der Waals surface area contributed by atoms with Crippen LogP contribution in [0.5, 0.6) is 11.5 Å². The minimum Gasteiger partial charge on any atom is -0.490 e. The molecule has 1 fully saturated rings. The van der Waals surface area contributed by atoms with Crippen LogP contribution in [0.2, 0.25) is 0 Å². The van der Waals surface area contributed by atoms with Crippen molar-refractivity contribution in [1.82, 2.24) is 4.90 Å². The number of ether oxygens (including phenoxy) is 2. The maximum absolute atomic E-state index is 13.2. The van der Waals surface area contributed by atoms with Crippen LogP contribution in [-0.2, 0) is 4.79 Å². The van der Waals surface area contributed by atoms with E-state index in [-0.39, 0.29) is 11.9 Å². The number of carboxylic acid groups (broad SMARTS) is 1. The molecule has 0 saturated heterocycles. The fraction of sp³-hybridized carbons (Fsp3) is 0.600. The first-order valence-corrected chi connectivity index (χ1v) is 9.33. The molecule has 0 aromatic heterocycles. The van der Waals surface area contributed by atoms with E-state index in [4.69, 9.17) is 14.6 Å². The maximum atomic E-state index is 13.2. The monoisotopic (exact) mass is 363 g/mol. The van der Waals surface area contributed by atoms with Gasteiger partial charge in [-0.05, 0) is 50.8 Å². The second-order valence-corrected chi connectivity index (χ2v) is 6.85. The van der Waals surface area contributed by atoms with Crippen molar-refractivity contribution in [1.29, 1.82) is 0 Å². The van der Waals surface area contributed by atoms with E-state index >= 15 is 0 Å². The highest BCUT2D eigenvalue weighted by Gasteiger charge is 2.37. The van der Waals surface area contributed by atoms with Crippen molar-refractivity contribution in [3.05, 3.63) is 23.8 Å². The van der Waals surface area contributed by atoms with Gasteiger partial charge in [-0.15, -0.1) is 0 Å². The summed E-state index contributed by atoms with van der Waals surface area (Å²) in [5.74, 6) is 0.0790. The molecule has 0 spiro atoms. The number of nitrogens with zero attached hydrogens (tertiary/aromatic N) is 1. The van der Waals surface area contributed by atoms with Gasteiger partial charge in [0.1, 0.15) is 0 Å². The maximum Gasteiger partial charge on any atom is 0.341 e. The molecule has 1 aliphatic carbocycles. The summed E-state index contributed by atoms with van der Waals surface area (Å²) in [5.41, 5.74) is 0.540. The number of aliphatic carboxylic acids is 1. The molecule has 26 heavy (non-hydrogen) atoms. The summed E-state index contributed by atoms with van der Waals surface area (Å²) in [4.78, 5) is 25.9. The van der Waals surface area contributed by atoms with Crippen molar-refractivity contribution in [3.63, 3.8) is 0 Å². The Kier molecular flexibility index (Phi) is 6.89. The van der Waals surface area contributed by atoms with Crippen LogP contribution in [0.15, 0.2) is 18.2 Å².